The molecule has 1 heterocycles. The minimum atomic E-state index is -0.207. The quantitative estimate of drug-likeness (QED) is 0.204. The molecule has 0 spiro atoms. The van der Waals surface area contributed by atoms with Gasteiger partial charge < -0.3 is 20.7 Å². The molecule has 190 valence electrons. The number of unbranched alkanes of at least 4 members (excludes halogenated alkanes) is 2. The molecule has 0 bridgehead atoms. The average molecular weight is 541 g/mol. The van der Waals surface area contributed by atoms with Gasteiger partial charge in [0.1, 0.15) is 5.75 Å². The van der Waals surface area contributed by atoms with E-state index in [0.29, 0.717) is 56.5 Å². The molecular weight excluding hydrogens is 509 g/mol. The van der Waals surface area contributed by atoms with Crippen LogP contribution < -0.4 is 15.8 Å². The van der Waals surface area contributed by atoms with Crippen LogP contribution >= 0.6 is 34.8 Å². The Labute approximate surface area is 222 Å². The highest BCUT2D eigenvalue weighted by Gasteiger charge is 2.21. The SMILES string of the molecule is COc1cc(N)c(Cl)cc1C(=O)NCC1CCN(CCCCCC(=O)c2ccc(Cl)c(Cl)c2)CC1. The zero-order valence-corrected chi connectivity index (χ0v) is 22.2. The Balaban J connectivity index is 1.31. The maximum atomic E-state index is 12.6. The number of benzene rings is 2. The summed E-state index contributed by atoms with van der Waals surface area (Å²) in [5, 5.41) is 4.22. The van der Waals surface area contributed by atoms with Crippen LogP contribution in [0.1, 0.15) is 59.2 Å². The molecule has 1 aliphatic rings. The fraction of sp³-hybridized carbons (Fsp3) is 0.462. The number of hydrogen-bond donors (Lipinski definition) is 2. The molecule has 0 aromatic heterocycles. The average Bonchev–Trinajstić information content (AvgIpc) is 2.85. The van der Waals surface area contributed by atoms with E-state index >= 15 is 0 Å². The number of piperidine rings is 1. The molecule has 2 aromatic carbocycles. The largest absolute Gasteiger partial charge is 0.496 e. The van der Waals surface area contributed by atoms with Gasteiger partial charge in [0.2, 0.25) is 0 Å². The van der Waals surface area contributed by atoms with Gasteiger partial charge in [-0.3, -0.25) is 9.59 Å². The van der Waals surface area contributed by atoms with Crippen molar-refractivity contribution in [2.45, 2.75) is 38.5 Å². The summed E-state index contributed by atoms with van der Waals surface area (Å²) in [6, 6.07) is 8.14. The highest BCUT2D eigenvalue weighted by atomic mass is 35.5. The minimum Gasteiger partial charge on any atom is -0.496 e. The van der Waals surface area contributed by atoms with E-state index in [9.17, 15) is 9.59 Å². The Morgan fingerprint density at radius 2 is 1.77 bits per heavy atom. The Morgan fingerprint density at radius 3 is 2.46 bits per heavy atom. The molecule has 0 unspecified atom stereocenters. The van der Waals surface area contributed by atoms with Crippen molar-refractivity contribution in [3.05, 3.63) is 56.5 Å². The smallest absolute Gasteiger partial charge is 0.255 e. The standard InChI is InChI=1S/C26H32Cl3N3O3/c1-35-25-15-23(30)22(29)14-19(25)26(34)31-16-17-8-11-32(12-9-17)10-4-2-3-5-24(33)18-6-7-20(27)21(28)13-18/h6-7,13-15,17H,2-5,8-12,16,30H2,1H3,(H,31,34). The first-order valence-electron chi connectivity index (χ1n) is 11.9. The molecule has 1 fully saturated rings. The number of halogens is 3. The van der Waals surface area contributed by atoms with Crippen molar-refractivity contribution in [3.63, 3.8) is 0 Å². The number of nitrogens with one attached hydrogen (secondary N) is 1. The van der Waals surface area contributed by atoms with E-state index < -0.39 is 0 Å². The fourth-order valence-electron chi connectivity index (χ4n) is 4.27. The molecule has 1 saturated heterocycles. The van der Waals surface area contributed by atoms with Gasteiger partial charge in [-0.1, -0.05) is 41.2 Å². The monoisotopic (exact) mass is 539 g/mol. The Hall–Kier alpha value is -1.99. The van der Waals surface area contributed by atoms with E-state index in [1.165, 1.54) is 7.11 Å². The van der Waals surface area contributed by atoms with Crippen LogP contribution in [-0.2, 0) is 0 Å². The van der Waals surface area contributed by atoms with Crippen LogP contribution in [0.15, 0.2) is 30.3 Å². The zero-order valence-electron chi connectivity index (χ0n) is 19.9. The van der Waals surface area contributed by atoms with E-state index in [1.54, 1.807) is 30.3 Å². The molecule has 0 atom stereocenters. The van der Waals surface area contributed by atoms with E-state index in [2.05, 4.69) is 10.2 Å². The van der Waals surface area contributed by atoms with Crippen molar-refractivity contribution >= 4 is 52.2 Å². The Bertz CT molecular complexity index is 1040. The zero-order chi connectivity index (χ0) is 25.4. The van der Waals surface area contributed by atoms with Gasteiger partial charge in [0.25, 0.3) is 5.91 Å². The van der Waals surface area contributed by atoms with Crippen molar-refractivity contribution in [1.82, 2.24) is 10.2 Å². The van der Waals surface area contributed by atoms with Gasteiger partial charge in [-0.25, -0.2) is 0 Å². The third-order valence-electron chi connectivity index (χ3n) is 6.44. The van der Waals surface area contributed by atoms with Crippen molar-refractivity contribution in [2.24, 2.45) is 5.92 Å². The predicted molar refractivity (Wildman–Crippen MR) is 143 cm³/mol. The Morgan fingerprint density at radius 1 is 1.03 bits per heavy atom. The lowest BCUT2D eigenvalue weighted by Gasteiger charge is -2.32. The van der Waals surface area contributed by atoms with Crippen LogP contribution in [0.3, 0.4) is 0 Å². The summed E-state index contributed by atoms with van der Waals surface area (Å²) in [5.41, 5.74) is 7.18. The third-order valence-corrected chi connectivity index (χ3v) is 7.51. The number of nitrogens with zero attached hydrogens (tertiary/aromatic N) is 1. The highest BCUT2D eigenvalue weighted by molar-refractivity contribution is 6.42. The molecule has 1 amide bonds. The molecule has 1 aliphatic heterocycles. The summed E-state index contributed by atoms with van der Waals surface area (Å²) in [7, 11) is 1.50. The second-order valence-corrected chi connectivity index (χ2v) is 10.2. The number of Topliss-reactive ketones (excluding diaryl/α,β-unsaturated/α-hetero) is 1. The first kappa shape index (κ1) is 27.6. The van der Waals surface area contributed by atoms with Gasteiger partial charge in [-0.05, 0) is 75.5 Å². The summed E-state index contributed by atoms with van der Waals surface area (Å²) in [4.78, 5) is 27.4. The van der Waals surface area contributed by atoms with Gasteiger partial charge in [0.05, 0.1) is 33.4 Å². The number of hydrogen-bond acceptors (Lipinski definition) is 5. The number of rotatable bonds is 11. The number of carbonyl (C=O) groups is 2. The van der Waals surface area contributed by atoms with E-state index in [0.717, 1.165) is 51.7 Å². The van der Waals surface area contributed by atoms with Crippen molar-refractivity contribution in [3.8, 4) is 5.75 Å². The predicted octanol–water partition coefficient (Wildman–Crippen LogP) is 6.12. The molecule has 6 nitrogen and oxygen atoms in total. The fourth-order valence-corrected chi connectivity index (χ4v) is 4.74. The number of anilines is 1. The number of nitrogens with two attached hydrogens (primary N) is 1. The lowest BCUT2D eigenvalue weighted by molar-refractivity contribution is 0.0932. The molecule has 3 rings (SSSR count). The number of likely N-dealkylation sites (tertiary alicyclic amines) is 1. The highest BCUT2D eigenvalue weighted by Crippen LogP contribution is 2.29. The van der Waals surface area contributed by atoms with Crippen LogP contribution in [0.4, 0.5) is 5.69 Å². The van der Waals surface area contributed by atoms with Crippen LogP contribution in [-0.4, -0.2) is 49.9 Å². The number of nitrogen functional groups attached to an aromatic ring is 1. The number of ether oxygens (including phenoxy) is 1. The second-order valence-electron chi connectivity index (χ2n) is 8.93. The van der Waals surface area contributed by atoms with E-state index in [4.69, 9.17) is 45.3 Å². The van der Waals surface area contributed by atoms with Crippen LogP contribution in [0.5, 0.6) is 5.75 Å². The van der Waals surface area contributed by atoms with Gasteiger partial charge in [-0.2, -0.15) is 0 Å². The summed E-state index contributed by atoms with van der Waals surface area (Å²) in [5.74, 6) is 0.749. The van der Waals surface area contributed by atoms with Crippen LogP contribution in [0.25, 0.3) is 0 Å². The molecule has 9 heteroatoms. The van der Waals surface area contributed by atoms with Gasteiger partial charge >= 0.3 is 0 Å². The van der Waals surface area contributed by atoms with E-state index in [-0.39, 0.29) is 11.7 Å². The maximum absolute atomic E-state index is 12.6. The second kappa shape index (κ2) is 13.4. The summed E-state index contributed by atoms with van der Waals surface area (Å²) < 4.78 is 5.27. The first-order valence-corrected chi connectivity index (χ1v) is 13.0. The number of methoxy groups -OCH3 is 1. The molecule has 0 aliphatic carbocycles. The van der Waals surface area contributed by atoms with Crippen molar-refractivity contribution < 1.29 is 14.3 Å². The Kier molecular flexibility index (Phi) is 10.5. The van der Waals surface area contributed by atoms with Crippen molar-refractivity contribution in [1.29, 1.82) is 0 Å². The van der Waals surface area contributed by atoms with Crippen LogP contribution in [0, 0.1) is 5.92 Å². The number of amides is 1. The van der Waals surface area contributed by atoms with Crippen molar-refractivity contribution in [2.75, 3.05) is 39.0 Å². The normalized spacial score (nSPS) is 14.6. The molecule has 35 heavy (non-hydrogen) atoms. The minimum absolute atomic E-state index is 0.102. The van der Waals surface area contributed by atoms with Gasteiger partial charge in [-0.15, -0.1) is 0 Å². The van der Waals surface area contributed by atoms with Gasteiger partial charge in [0, 0.05) is 24.6 Å². The summed E-state index contributed by atoms with van der Waals surface area (Å²) in [6.45, 7) is 3.68. The maximum Gasteiger partial charge on any atom is 0.255 e. The lowest BCUT2D eigenvalue weighted by atomic mass is 9.96. The van der Waals surface area contributed by atoms with Crippen LogP contribution in [0.2, 0.25) is 15.1 Å². The molecule has 0 saturated carbocycles. The molecular formula is C26H32Cl3N3O3. The number of ketones is 1. The molecule has 0 radical (unpaired) electrons. The summed E-state index contributed by atoms with van der Waals surface area (Å²) in [6.07, 6.45) is 5.53. The topological polar surface area (TPSA) is 84.7 Å². The van der Waals surface area contributed by atoms with E-state index in [1.807, 2.05) is 0 Å². The molecule has 3 N–H and O–H groups in total. The lowest BCUT2D eigenvalue weighted by Crippen LogP contribution is -2.39. The number of carbonyl (C=O) groups excluding carboxylic acids is 2. The summed E-state index contributed by atoms with van der Waals surface area (Å²) >= 11 is 18.0. The first-order chi connectivity index (χ1) is 16.8. The molecule has 2 aromatic rings. The van der Waals surface area contributed by atoms with Gasteiger partial charge in [0.15, 0.2) is 5.78 Å². The third kappa shape index (κ3) is 8.01.